The van der Waals surface area contributed by atoms with E-state index in [0.717, 1.165) is 12.8 Å². The van der Waals surface area contributed by atoms with Crippen LogP contribution in [0, 0.1) is 0 Å². The zero-order valence-corrected chi connectivity index (χ0v) is 10.3. The van der Waals surface area contributed by atoms with Crippen molar-refractivity contribution in [2.24, 2.45) is 0 Å². The van der Waals surface area contributed by atoms with Gasteiger partial charge in [-0.15, -0.1) is 0 Å². The summed E-state index contributed by atoms with van der Waals surface area (Å²) in [5.41, 5.74) is 0. The number of carbonyl (C=O) groups excluding carboxylic acids is 1. The Morgan fingerprint density at radius 2 is 1.94 bits per heavy atom. The van der Waals surface area contributed by atoms with Gasteiger partial charge in [0, 0.05) is 19.0 Å². The standard InChI is InChI=1S/C12H20N2O4/c15-9-5-10(12(17)18)14(7-9)11(16)6-13-8-3-1-2-4-8/h8-10,13,15H,1-7H2,(H,17,18)/t9?,10-/m0/s1. The van der Waals surface area contributed by atoms with Crippen molar-refractivity contribution < 1.29 is 19.8 Å². The Labute approximate surface area is 106 Å². The molecule has 102 valence electrons. The average Bonchev–Trinajstić information content (AvgIpc) is 2.94. The fourth-order valence-corrected chi connectivity index (χ4v) is 2.79. The second-order valence-electron chi connectivity index (χ2n) is 5.15. The van der Waals surface area contributed by atoms with Crippen molar-refractivity contribution in [2.75, 3.05) is 13.1 Å². The number of β-amino-alcohol motifs (C(OH)–C–C–N with tert-alkyl or cyclic N) is 1. The molecule has 1 saturated carbocycles. The van der Waals surface area contributed by atoms with E-state index in [2.05, 4.69) is 5.32 Å². The molecule has 2 rings (SSSR count). The quantitative estimate of drug-likeness (QED) is 0.635. The first-order valence-electron chi connectivity index (χ1n) is 6.51. The van der Waals surface area contributed by atoms with Crippen LogP contribution in [-0.4, -0.2) is 58.3 Å². The average molecular weight is 256 g/mol. The zero-order chi connectivity index (χ0) is 13.1. The third-order valence-corrected chi connectivity index (χ3v) is 3.78. The van der Waals surface area contributed by atoms with Crippen molar-refractivity contribution in [1.29, 1.82) is 0 Å². The molecule has 0 aromatic carbocycles. The van der Waals surface area contributed by atoms with Gasteiger partial charge in [-0.3, -0.25) is 4.79 Å². The lowest BCUT2D eigenvalue weighted by Crippen LogP contribution is -2.46. The van der Waals surface area contributed by atoms with Crippen LogP contribution in [0.5, 0.6) is 0 Å². The lowest BCUT2D eigenvalue weighted by Gasteiger charge is -2.22. The first-order valence-corrected chi connectivity index (χ1v) is 6.51. The Hall–Kier alpha value is -1.14. The summed E-state index contributed by atoms with van der Waals surface area (Å²) < 4.78 is 0. The van der Waals surface area contributed by atoms with Crippen LogP contribution in [0.15, 0.2) is 0 Å². The molecule has 6 nitrogen and oxygen atoms in total. The van der Waals surface area contributed by atoms with Gasteiger partial charge in [0.05, 0.1) is 12.6 Å². The minimum atomic E-state index is -1.04. The van der Waals surface area contributed by atoms with Gasteiger partial charge in [0.2, 0.25) is 5.91 Å². The lowest BCUT2D eigenvalue weighted by molar-refractivity contribution is -0.147. The molecule has 0 radical (unpaired) electrons. The van der Waals surface area contributed by atoms with E-state index >= 15 is 0 Å². The zero-order valence-electron chi connectivity index (χ0n) is 10.3. The number of likely N-dealkylation sites (tertiary alicyclic amines) is 1. The number of carboxylic acids is 1. The molecule has 0 aromatic rings. The van der Waals surface area contributed by atoms with E-state index in [4.69, 9.17) is 5.11 Å². The van der Waals surface area contributed by atoms with Gasteiger partial charge in [0.1, 0.15) is 6.04 Å². The van der Waals surface area contributed by atoms with Crippen molar-refractivity contribution in [3.8, 4) is 0 Å². The molecule has 2 aliphatic rings. The molecule has 1 saturated heterocycles. The second-order valence-corrected chi connectivity index (χ2v) is 5.15. The van der Waals surface area contributed by atoms with Crippen LogP contribution in [0.2, 0.25) is 0 Å². The monoisotopic (exact) mass is 256 g/mol. The second kappa shape index (κ2) is 5.67. The summed E-state index contributed by atoms with van der Waals surface area (Å²) in [6, 6.07) is -0.498. The number of aliphatic hydroxyl groups is 1. The molecule has 0 bridgehead atoms. The fraction of sp³-hybridized carbons (Fsp3) is 0.833. The van der Waals surface area contributed by atoms with Gasteiger partial charge in [-0.05, 0) is 12.8 Å². The van der Waals surface area contributed by atoms with Crippen LogP contribution in [0.25, 0.3) is 0 Å². The Morgan fingerprint density at radius 3 is 2.56 bits per heavy atom. The number of nitrogens with one attached hydrogen (secondary N) is 1. The number of nitrogens with zero attached hydrogens (tertiary/aromatic N) is 1. The smallest absolute Gasteiger partial charge is 0.326 e. The molecule has 2 fully saturated rings. The van der Waals surface area contributed by atoms with E-state index in [1.165, 1.54) is 17.7 Å². The number of carbonyl (C=O) groups is 2. The molecule has 1 unspecified atom stereocenters. The third-order valence-electron chi connectivity index (χ3n) is 3.78. The molecule has 1 heterocycles. The summed E-state index contributed by atoms with van der Waals surface area (Å²) in [6.45, 7) is 0.295. The molecule has 0 aromatic heterocycles. The number of amides is 1. The maximum Gasteiger partial charge on any atom is 0.326 e. The van der Waals surface area contributed by atoms with Crippen molar-refractivity contribution in [3.63, 3.8) is 0 Å². The van der Waals surface area contributed by atoms with Crippen LogP contribution >= 0.6 is 0 Å². The predicted octanol–water partition coefficient (Wildman–Crippen LogP) is -0.435. The topological polar surface area (TPSA) is 89.9 Å². The highest BCUT2D eigenvalue weighted by Gasteiger charge is 2.38. The molecule has 0 spiro atoms. The highest BCUT2D eigenvalue weighted by molar-refractivity contribution is 5.85. The first-order chi connectivity index (χ1) is 8.58. The number of carboxylic acid groups (broad SMARTS) is 1. The number of hydrogen-bond donors (Lipinski definition) is 3. The van der Waals surface area contributed by atoms with Crippen molar-refractivity contribution in [2.45, 2.75) is 50.3 Å². The molecule has 2 atom stereocenters. The molecule has 1 aliphatic carbocycles. The van der Waals surface area contributed by atoms with Gasteiger partial charge in [-0.2, -0.15) is 0 Å². The summed E-state index contributed by atoms with van der Waals surface area (Å²) in [5.74, 6) is -1.27. The first kappa shape index (κ1) is 13.3. The van der Waals surface area contributed by atoms with Crippen molar-refractivity contribution in [3.05, 3.63) is 0 Å². The Morgan fingerprint density at radius 1 is 1.28 bits per heavy atom. The SMILES string of the molecule is O=C(O)[C@@H]1CC(O)CN1C(=O)CNC1CCCC1. The van der Waals surface area contributed by atoms with Crippen molar-refractivity contribution >= 4 is 11.9 Å². The summed E-state index contributed by atoms with van der Waals surface area (Å²) in [6.07, 6.45) is 3.94. The number of hydrogen-bond acceptors (Lipinski definition) is 4. The Balaban J connectivity index is 1.85. The van der Waals surface area contributed by atoms with E-state index < -0.39 is 18.1 Å². The highest BCUT2D eigenvalue weighted by Crippen LogP contribution is 2.19. The predicted molar refractivity (Wildman–Crippen MR) is 64.0 cm³/mol. The molecule has 3 N–H and O–H groups in total. The summed E-state index contributed by atoms with van der Waals surface area (Å²) >= 11 is 0. The normalized spacial score (nSPS) is 28.8. The third kappa shape index (κ3) is 3.00. The van der Waals surface area contributed by atoms with Crippen LogP contribution in [-0.2, 0) is 9.59 Å². The Kier molecular flexibility index (Phi) is 4.19. The number of aliphatic carboxylic acids is 1. The number of rotatable bonds is 4. The summed E-state index contributed by atoms with van der Waals surface area (Å²) in [4.78, 5) is 24.2. The highest BCUT2D eigenvalue weighted by atomic mass is 16.4. The fourth-order valence-electron chi connectivity index (χ4n) is 2.79. The molecule has 6 heteroatoms. The van der Waals surface area contributed by atoms with Gasteiger partial charge in [-0.25, -0.2) is 4.79 Å². The van der Waals surface area contributed by atoms with Gasteiger partial charge >= 0.3 is 5.97 Å². The molecule has 1 amide bonds. The minimum Gasteiger partial charge on any atom is -0.480 e. The van der Waals surface area contributed by atoms with Crippen LogP contribution in [0.1, 0.15) is 32.1 Å². The summed E-state index contributed by atoms with van der Waals surface area (Å²) in [5, 5.41) is 21.6. The van der Waals surface area contributed by atoms with E-state index in [1.54, 1.807) is 0 Å². The van der Waals surface area contributed by atoms with Gasteiger partial charge in [0.15, 0.2) is 0 Å². The number of aliphatic hydroxyl groups excluding tert-OH is 1. The maximum absolute atomic E-state index is 12.0. The molecule has 18 heavy (non-hydrogen) atoms. The van der Waals surface area contributed by atoms with Crippen LogP contribution in [0.3, 0.4) is 0 Å². The van der Waals surface area contributed by atoms with Crippen LogP contribution < -0.4 is 5.32 Å². The van der Waals surface area contributed by atoms with Crippen molar-refractivity contribution in [1.82, 2.24) is 10.2 Å². The molecular formula is C12H20N2O4. The molecule has 1 aliphatic heterocycles. The van der Waals surface area contributed by atoms with E-state index in [0.29, 0.717) is 6.04 Å². The van der Waals surface area contributed by atoms with Gasteiger partial charge in [-0.1, -0.05) is 12.8 Å². The van der Waals surface area contributed by atoms with Crippen LogP contribution in [0.4, 0.5) is 0 Å². The van der Waals surface area contributed by atoms with E-state index in [9.17, 15) is 14.7 Å². The lowest BCUT2D eigenvalue weighted by atomic mass is 10.2. The minimum absolute atomic E-state index is 0.127. The van der Waals surface area contributed by atoms with Gasteiger partial charge < -0.3 is 20.4 Å². The Bertz CT molecular complexity index is 328. The van der Waals surface area contributed by atoms with E-state index in [1.807, 2.05) is 0 Å². The largest absolute Gasteiger partial charge is 0.480 e. The maximum atomic E-state index is 12.0. The van der Waals surface area contributed by atoms with Gasteiger partial charge in [0.25, 0.3) is 0 Å². The van der Waals surface area contributed by atoms with E-state index in [-0.39, 0.29) is 25.4 Å². The molecular weight excluding hydrogens is 236 g/mol. The summed E-state index contributed by atoms with van der Waals surface area (Å²) in [7, 11) is 0.